The molecule has 1 aromatic heterocycles. The number of hydrogen-bond acceptors (Lipinski definition) is 2. The zero-order valence-electron chi connectivity index (χ0n) is 19.1. The number of aromatic nitrogens is 1. The van der Waals surface area contributed by atoms with Crippen molar-refractivity contribution in [3.8, 4) is 11.1 Å². The molecule has 0 atom stereocenters. The number of fused-ring (bicyclic) bond motifs is 1. The molecule has 1 aliphatic rings. The highest BCUT2D eigenvalue weighted by molar-refractivity contribution is 5.91. The molecule has 4 rings (SSSR count). The van der Waals surface area contributed by atoms with Gasteiger partial charge < -0.3 is 15.2 Å². The normalized spacial score (nSPS) is 15.0. The minimum atomic E-state index is 0.0938. The van der Waals surface area contributed by atoms with Gasteiger partial charge in [-0.05, 0) is 56.5 Å². The number of benzene rings is 2. The van der Waals surface area contributed by atoms with Crippen molar-refractivity contribution in [2.45, 2.75) is 58.4 Å². The Bertz CT molecular complexity index is 1030. The summed E-state index contributed by atoms with van der Waals surface area (Å²) in [6.45, 7) is 5.90. The fraction of sp³-hybridized carbons (Fsp3) is 0.444. The first kappa shape index (κ1) is 21.6. The number of aromatic amines is 1. The molecule has 164 valence electrons. The van der Waals surface area contributed by atoms with Gasteiger partial charge >= 0.3 is 0 Å². The lowest BCUT2D eigenvalue weighted by molar-refractivity contribution is -0.120. The zero-order chi connectivity index (χ0) is 21.8. The average Bonchev–Trinajstić information content (AvgIpc) is 3.15. The molecule has 0 bridgehead atoms. The number of hydrogen-bond donors (Lipinski definition) is 2. The standard InChI is InChI=1S/C27H35N3O/c1-19-13-20(2)15-22(14-19)21-9-10-25-23(18-29-26(25)16-21)17-27(31)28-11-12-30(3)24-7-5-4-6-8-24/h9-10,13-16,18,24,29H,4-8,11-12,17H2,1-3H3,(H,28,31). The van der Waals surface area contributed by atoms with Crippen molar-refractivity contribution in [3.05, 3.63) is 59.3 Å². The van der Waals surface area contributed by atoms with Crippen LogP contribution >= 0.6 is 0 Å². The molecule has 4 nitrogen and oxygen atoms in total. The van der Waals surface area contributed by atoms with Gasteiger partial charge in [0, 0.05) is 36.2 Å². The lowest BCUT2D eigenvalue weighted by Gasteiger charge is -2.31. The lowest BCUT2D eigenvalue weighted by Crippen LogP contribution is -2.39. The highest BCUT2D eigenvalue weighted by Gasteiger charge is 2.17. The first-order valence-electron chi connectivity index (χ1n) is 11.7. The molecule has 0 aliphatic heterocycles. The van der Waals surface area contributed by atoms with Crippen LogP contribution in [0.5, 0.6) is 0 Å². The molecular formula is C27H35N3O. The van der Waals surface area contributed by atoms with Crippen LogP contribution in [0.4, 0.5) is 0 Å². The van der Waals surface area contributed by atoms with E-state index in [0.717, 1.165) is 23.0 Å². The summed E-state index contributed by atoms with van der Waals surface area (Å²) in [5.74, 6) is 0.0938. The molecule has 0 spiro atoms. The predicted molar refractivity (Wildman–Crippen MR) is 129 cm³/mol. The van der Waals surface area contributed by atoms with Gasteiger partial charge in [-0.15, -0.1) is 0 Å². The molecule has 0 saturated heterocycles. The first-order chi connectivity index (χ1) is 15.0. The Morgan fingerprint density at radius 3 is 2.52 bits per heavy atom. The van der Waals surface area contributed by atoms with Crippen LogP contribution < -0.4 is 5.32 Å². The SMILES string of the molecule is Cc1cc(C)cc(-c2ccc3c(CC(=O)NCCN(C)C4CCCCC4)c[nH]c3c2)c1. The van der Waals surface area contributed by atoms with E-state index in [0.29, 0.717) is 19.0 Å². The van der Waals surface area contributed by atoms with E-state index in [4.69, 9.17) is 0 Å². The molecule has 0 radical (unpaired) electrons. The maximum atomic E-state index is 12.5. The molecule has 2 aromatic carbocycles. The van der Waals surface area contributed by atoms with Crippen LogP contribution in [0.2, 0.25) is 0 Å². The third-order valence-corrected chi connectivity index (χ3v) is 6.66. The summed E-state index contributed by atoms with van der Waals surface area (Å²) < 4.78 is 0. The van der Waals surface area contributed by atoms with Gasteiger partial charge in [-0.1, -0.05) is 60.7 Å². The van der Waals surface area contributed by atoms with Crippen molar-refractivity contribution in [1.29, 1.82) is 0 Å². The molecular weight excluding hydrogens is 382 g/mol. The van der Waals surface area contributed by atoms with Gasteiger partial charge in [-0.2, -0.15) is 0 Å². The molecule has 3 aromatic rings. The number of carbonyl (C=O) groups excluding carboxylic acids is 1. The molecule has 1 amide bonds. The van der Waals surface area contributed by atoms with Crippen LogP contribution in [0.25, 0.3) is 22.0 Å². The number of nitrogens with one attached hydrogen (secondary N) is 2. The second-order valence-corrected chi connectivity index (χ2v) is 9.25. The molecule has 1 saturated carbocycles. The smallest absolute Gasteiger partial charge is 0.224 e. The highest BCUT2D eigenvalue weighted by Crippen LogP contribution is 2.28. The van der Waals surface area contributed by atoms with Crippen LogP contribution in [0.15, 0.2) is 42.6 Å². The summed E-state index contributed by atoms with van der Waals surface area (Å²) in [7, 11) is 2.19. The Kier molecular flexibility index (Phi) is 6.77. The van der Waals surface area contributed by atoms with Crippen LogP contribution in [-0.2, 0) is 11.2 Å². The summed E-state index contributed by atoms with van der Waals surface area (Å²) in [5.41, 5.74) is 7.11. The van der Waals surface area contributed by atoms with E-state index < -0.39 is 0 Å². The zero-order valence-corrected chi connectivity index (χ0v) is 19.1. The molecule has 1 aliphatic carbocycles. The molecule has 31 heavy (non-hydrogen) atoms. The van der Waals surface area contributed by atoms with Gasteiger partial charge in [0.2, 0.25) is 5.91 Å². The van der Waals surface area contributed by atoms with Gasteiger partial charge in [0.25, 0.3) is 0 Å². The fourth-order valence-electron chi connectivity index (χ4n) is 4.97. The minimum absolute atomic E-state index is 0.0938. The number of H-pyrrole nitrogens is 1. The van der Waals surface area contributed by atoms with E-state index in [9.17, 15) is 4.79 Å². The van der Waals surface area contributed by atoms with Crippen molar-refractivity contribution >= 4 is 16.8 Å². The average molecular weight is 418 g/mol. The maximum Gasteiger partial charge on any atom is 0.224 e. The van der Waals surface area contributed by atoms with E-state index >= 15 is 0 Å². The van der Waals surface area contributed by atoms with Gasteiger partial charge in [0.15, 0.2) is 0 Å². The Hall–Kier alpha value is -2.59. The third-order valence-electron chi connectivity index (χ3n) is 6.66. The first-order valence-corrected chi connectivity index (χ1v) is 11.7. The van der Waals surface area contributed by atoms with Gasteiger partial charge in [-0.25, -0.2) is 0 Å². The third kappa shape index (κ3) is 5.37. The van der Waals surface area contributed by atoms with Crippen molar-refractivity contribution < 1.29 is 4.79 Å². The number of likely N-dealkylation sites (N-methyl/N-ethyl adjacent to an activating group) is 1. The van der Waals surface area contributed by atoms with Crippen molar-refractivity contribution in [2.24, 2.45) is 0 Å². The summed E-state index contributed by atoms with van der Waals surface area (Å²) in [6, 6.07) is 13.8. The summed E-state index contributed by atoms with van der Waals surface area (Å²) >= 11 is 0. The Balaban J connectivity index is 1.35. The molecule has 0 unspecified atom stereocenters. The number of nitrogens with zero attached hydrogens (tertiary/aromatic N) is 1. The monoisotopic (exact) mass is 417 g/mol. The quantitative estimate of drug-likeness (QED) is 0.542. The number of carbonyl (C=O) groups is 1. The van der Waals surface area contributed by atoms with Crippen LogP contribution in [0.3, 0.4) is 0 Å². The predicted octanol–water partition coefficient (Wildman–Crippen LogP) is 5.37. The Morgan fingerprint density at radius 1 is 1.03 bits per heavy atom. The minimum Gasteiger partial charge on any atom is -0.361 e. The summed E-state index contributed by atoms with van der Waals surface area (Å²) in [6.07, 6.45) is 9.03. The summed E-state index contributed by atoms with van der Waals surface area (Å²) in [5, 5.41) is 4.24. The van der Waals surface area contributed by atoms with Gasteiger partial charge in [-0.3, -0.25) is 4.79 Å². The van der Waals surface area contributed by atoms with Crippen molar-refractivity contribution in [1.82, 2.24) is 15.2 Å². The van der Waals surface area contributed by atoms with Crippen molar-refractivity contribution in [2.75, 3.05) is 20.1 Å². The molecule has 1 heterocycles. The number of aryl methyl sites for hydroxylation is 2. The second-order valence-electron chi connectivity index (χ2n) is 9.25. The summed E-state index contributed by atoms with van der Waals surface area (Å²) in [4.78, 5) is 18.3. The lowest BCUT2D eigenvalue weighted by atomic mass is 9.94. The molecule has 4 heteroatoms. The fourth-order valence-corrected chi connectivity index (χ4v) is 4.97. The van der Waals surface area contributed by atoms with E-state index in [1.165, 1.54) is 54.4 Å². The maximum absolute atomic E-state index is 12.5. The van der Waals surface area contributed by atoms with Crippen LogP contribution in [0.1, 0.15) is 48.8 Å². The van der Waals surface area contributed by atoms with Crippen molar-refractivity contribution in [3.63, 3.8) is 0 Å². The van der Waals surface area contributed by atoms with E-state index in [-0.39, 0.29) is 5.91 Å². The van der Waals surface area contributed by atoms with Crippen LogP contribution in [0, 0.1) is 13.8 Å². The second kappa shape index (κ2) is 9.69. The topological polar surface area (TPSA) is 48.1 Å². The number of rotatable bonds is 7. The van der Waals surface area contributed by atoms with Crippen LogP contribution in [-0.4, -0.2) is 42.0 Å². The number of amides is 1. The van der Waals surface area contributed by atoms with Gasteiger partial charge in [0.05, 0.1) is 6.42 Å². The molecule has 1 fully saturated rings. The molecule has 2 N–H and O–H groups in total. The van der Waals surface area contributed by atoms with E-state index in [1.54, 1.807) is 0 Å². The largest absolute Gasteiger partial charge is 0.361 e. The van der Waals surface area contributed by atoms with Gasteiger partial charge in [0.1, 0.15) is 0 Å². The van der Waals surface area contributed by atoms with E-state index in [2.05, 4.69) is 72.5 Å². The highest BCUT2D eigenvalue weighted by atomic mass is 16.1. The Morgan fingerprint density at radius 2 is 1.77 bits per heavy atom. The Labute approximate surface area is 186 Å². The van der Waals surface area contributed by atoms with E-state index in [1.807, 2.05) is 6.20 Å².